The third-order valence-corrected chi connectivity index (χ3v) is 4.50. The van der Waals surface area contributed by atoms with E-state index in [1.807, 2.05) is 0 Å². The van der Waals surface area contributed by atoms with E-state index in [2.05, 4.69) is 15.3 Å². The second kappa shape index (κ2) is 6.08. The fraction of sp³-hybridized carbons (Fsp3) is 0.500. The largest absolute Gasteiger partial charge is 0.493 e. The van der Waals surface area contributed by atoms with Gasteiger partial charge >= 0.3 is 0 Å². The lowest BCUT2D eigenvalue weighted by Crippen LogP contribution is -2.45. The van der Waals surface area contributed by atoms with Gasteiger partial charge in [0.2, 0.25) is 5.95 Å². The number of nitrogens with one attached hydrogen (secondary N) is 1. The number of aromatic nitrogens is 2. The van der Waals surface area contributed by atoms with Crippen molar-refractivity contribution >= 4 is 22.7 Å². The predicted octanol–water partition coefficient (Wildman–Crippen LogP) is 2.21. The number of methoxy groups -OCH3 is 3. The average Bonchev–Trinajstić information content (AvgIpc) is 2.53. The molecule has 1 saturated carbocycles. The monoisotopic (exact) mass is 318 g/mol. The summed E-state index contributed by atoms with van der Waals surface area (Å²) in [6.07, 6.45) is 3.28. The Kier molecular flexibility index (Phi) is 4.12. The van der Waals surface area contributed by atoms with Gasteiger partial charge in [0.25, 0.3) is 0 Å². The van der Waals surface area contributed by atoms with Crippen LogP contribution in [0.15, 0.2) is 12.1 Å². The van der Waals surface area contributed by atoms with Crippen LogP contribution >= 0.6 is 0 Å². The molecular formula is C16H22N4O3. The molecule has 1 aliphatic rings. The van der Waals surface area contributed by atoms with Gasteiger partial charge < -0.3 is 25.3 Å². The summed E-state index contributed by atoms with van der Waals surface area (Å²) in [5.74, 6) is 2.10. The first kappa shape index (κ1) is 15.6. The predicted molar refractivity (Wildman–Crippen MR) is 89.1 cm³/mol. The highest BCUT2D eigenvalue weighted by molar-refractivity contribution is 5.91. The van der Waals surface area contributed by atoms with Crippen LogP contribution in [0.1, 0.15) is 19.3 Å². The zero-order valence-electron chi connectivity index (χ0n) is 13.7. The molecule has 1 fully saturated rings. The topological polar surface area (TPSA) is 91.5 Å². The molecule has 0 atom stereocenters. The van der Waals surface area contributed by atoms with Gasteiger partial charge in [0, 0.05) is 25.1 Å². The van der Waals surface area contributed by atoms with Crippen molar-refractivity contribution in [2.75, 3.05) is 38.9 Å². The molecule has 3 N–H and O–H groups in total. The zero-order valence-corrected chi connectivity index (χ0v) is 13.7. The molecule has 0 radical (unpaired) electrons. The molecular weight excluding hydrogens is 296 g/mol. The summed E-state index contributed by atoms with van der Waals surface area (Å²) in [7, 11) is 4.92. The lowest BCUT2D eigenvalue weighted by Gasteiger charge is -2.40. The van der Waals surface area contributed by atoms with Crippen LogP contribution < -0.4 is 20.5 Å². The lowest BCUT2D eigenvalue weighted by molar-refractivity contribution is -0.0602. The number of benzene rings is 1. The van der Waals surface area contributed by atoms with Gasteiger partial charge in [0.1, 0.15) is 5.82 Å². The third kappa shape index (κ3) is 2.84. The van der Waals surface area contributed by atoms with E-state index in [1.54, 1.807) is 33.5 Å². The maximum atomic E-state index is 6.07. The van der Waals surface area contributed by atoms with E-state index in [9.17, 15) is 0 Å². The van der Waals surface area contributed by atoms with Crippen molar-refractivity contribution in [1.29, 1.82) is 0 Å². The smallest absolute Gasteiger partial charge is 0.225 e. The van der Waals surface area contributed by atoms with Gasteiger partial charge in [-0.25, -0.2) is 4.98 Å². The highest BCUT2D eigenvalue weighted by atomic mass is 16.5. The normalized spacial score (nSPS) is 16.0. The summed E-state index contributed by atoms with van der Waals surface area (Å²) in [6.45, 7) is 0.668. The first-order valence-corrected chi connectivity index (χ1v) is 7.59. The minimum atomic E-state index is -0.106. The van der Waals surface area contributed by atoms with E-state index in [-0.39, 0.29) is 5.60 Å². The van der Waals surface area contributed by atoms with Gasteiger partial charge in [-0.15, -0.1) is 0 Å². The van der Waals surface area contributed by atoms with E-state index >= 15 is 0 Å². The summed E-state index contributed by atoms with van der Waals surface area (Å²) in [5.41, 5.74) is 6.67. The van der Waals surface area contributed by atoms with Crippen molar-refractivity contribution in [3.05, 3.63) is 12.1 Å². The van der Waals surface area contributed by atoms with Gasteiger partial charge in [0.05, 0.1) is 25.3 Å². The number of rotatable bonds is 6. The molecule has 7 nitrogen and oxygen atoms in total. The third-order valence-electron chi connectivity index (χ3n) is 4.50. The molecule has 0 unspecified atom stereocenters. The minimum absolute atomic E-state index is 0.106. The molecule has 1 aromatic heterocycles. The second-order valence-electron chi connectivity index (χ2n) is 5.75. The zero-order chi connectivity index (χ0) is 16.4. The van der Waals surface area contributed by atoms with Crippen LogP contribution in [0.4, 0.5) is 11.8 Å². The van der Waals surface area contributed by atoms with E-state index in [0.717, 1.165) is 18.2 Å². The SMILES string of the molecule is COc1cc2nc(NCC3(OC)CCC3)nc(N)c2cc1OC. The highest BCUT2D eigenvalue weighted by Gasteiger charge is 2.36. The number of nitrogens with zero attached hydrogens (tertiary/aromatic N) is 2. The first-order valence-electron chi connectivity index (χ1n) is 7.59. The van der Waals surface area contributed by atoms with Crippen molar-refractivity contribution in [2.24, 2.45) is 0 Å². The molecule has 0 spiro atoms. The van der Waals surface area contributed by atoms with Gasteiger partial charge in [-0.3, -0.25) is 0 Å². The number of nitrogens with two attached hydrogens (primary N) is 1. The lowest BCUT2D eigenvalue weighted by atomic mass is 9.80. The Morgan fingerprint density at radius 3 is 2.39 bits per heavy atom. The summed E-state index contributed by atoms with van der Waals surface area (Å²) in [4.78, 5) is 8.85. The molecule has 23 heavy (non-hydrogen) atoms. The van der Waals surface area contributed by atoms with Crippen molar-refractivity contribution < 1.29 is 14.2 Å². The molecule has 0 saturated heterocycles. The first-order chi connectivity index (χ1) is 11.1. The summed E-state index contributed by atoms with van der Waals surface area (Å²) in [5, 5.41) is 3.97. The number of ether oxygens (including phenoxy) is 3. The van der Waals surface area contributed by atoms with Crippen LogP contribution in [0.2, 0.25) is 0 Å². The molecule has 1 aliphatic carbocycles. The van der Waals surface area contributed by atoms with Gasteiger partial charge in [-0.1, -0.05) is 0 Å². The summed E-state index contributed by atoms with van der Waals surface area (Å²) < 4.78 is 16.2. The average molecular weight is 318 g/mol. The van der Waals surface area contributed by atoms with Crippen molar-refractivity contribution in [1.82, 2.24) is 9.97 Å². The molecule has 124 valence electrons. The second-order valence-corrected chi connectivity index (χ2v) is 5.75. The number of anilines is 2. The van der Waals surface area contributed by atoms with Crippen LogP contribution in [0, 0.1) is 0 Å². The Bertz CT molecular complexity index is 711. The molecule has 0 bridgehead atoms. The van der Waals surface area contributed by atoms with E-state index in [1.165, 1.54) is 6.42 Å². The van der Waals surface area contributed by atoms with E-state index < -0.39 is 0 Å². The number of fused-ring (bicyclic) bond motifs is 1. The fourth-order valence-electron chi connectivity index (χ4n) is 2.82. The summed E-state index contributed by atoms with van der Waals surface area (Å²) in [6, 6.07) is 3.59. The van der Waals surface area contributed by atoms with Gasteiger partial charge in [-0.05, 0) is 25.3 Å². The van der Waals surface area contributed by atoms with Crippen LogP contribution in [0.25, 0.3) is 10.9 Å². The molecule has 2 aromatic rings. The Labute approximate surface area is 135 Å². The van der Waals surface area contributed by atoms with Gasteiger partial charge in [0.15, 0.2) is 11.5 Å². The van der Waals surface area contributed by atoms with Crippen LogP contribution in [0.3, 0.4) is 0 Å². The Hall–Kier alpha value is -2.28. The standard InChI is InChI=1S/C16H22N4O3/c1-21-12-7-10-11(8-13(12)22-2)19-15(20-14(10)17)18-9-16(23-3)5-4-6-16/h7-8H,4-6,9H2,1-3H3,(H3,17,18,19,20). The van der Waals surface area contributed by atoms with E-state index in [4.69, 9.17) is 19.9 Å². The van der Waals surface area contributed by atoms with Crippen molar-refractivity contribution in [2.45, 2.75) is 24.9 Å². The van der Waals surface area contributed by atoms with Crippen LogP contribution in [-0.4, -0.2) is 43.4 Å². The van der Waals surface area contributed by atoms with Crippen LogP contribution in [-0.2, 0) is 4.74 Å². The highest BCUT2D eigenvalue weighted by Crippen LogP contribution is 2.36. The van der Waals surface area contributed by atoms with Gasteiger partial charge in [-0.2, -0.15) is 4.98 Å². The molecule has 3 rings (SSSR count). The molecule has 0 amide bonds. The Morgan fingerprint density at radius 2 is 1.83 bits per heavy atom. The van der Waals surface area contributed by atoms with E-state index in [0.29, 0.717) is 35.3 Å². The quantitative estimate of drug-likeness (QED) is 0.843. The fourth-order valence-corrected chi connectivity index (χ4v) is 2.82. The Balaban J connectivity index is 1.90. The molecule has 7 heteroatoms. The maximum absolute atomic E-state index is 6.07. The maximum Gasteiger partial charge on any atom is 0.225 e. The minimum Gasteiger partial charge on any atom is -0.493 e. The molecule has 0 aliphatic heterocycles. The number of hydrogen-bond acceptors (Lipinski definition) is 7. The summed E-state index contributed by atoms with van der Waals surface area (Å²) >= 11 is 0. The number of hydrogen-bond donors (Lipinski definition) is 2. The van der Waals surface area contributed by atoms with Crippen LogP contribution in [0.5, 0.6) is 11.5 Å². The molecule has 1 aromatic carbocycles. The number of nitrogen functional groups attached to an aromatic ring is 1. The Morgan fingerprint density at radius 1 is 1.13 bits per heavy atom. The van der Waals surface area contributed by atoms with Crippen molar-refractivity contribution in [3.63, 3.8) is 0 Å². The van der Waals surface area contributed by atoms with Crippen molar-refractivity contribution in [3.8, 4) is 11.5 Å². The molecule has 1 heterocycles.